The first-order chi connectivity index (χ1) is 8.94. The fourth-order valence-corrected chi connectivity index (χ4v) is 3.80. The molecule has 1 rings (SSSR count). The van der Waals surface area contributed by atoms with Crippen LogP contribution in [0.4, 0.5) is 5.69 Å². The van der Waals surface area contributed by atoms with Crippen LogP contribution in [0.2, 0.25) is 0 Å². The Morgan fingerprint density at radius 1 is 1.42 bits per heavy atom. The number of aliphatic hydroxyl groups excluding tert-OH is 1. The van der Waals surface area contributed by atoms with Gasteiger partial charge in [0.2, 0.25) is 10.0 Å². The van der Waals surface area contributed by atoms with Gasteiger partial charge in [-0.25, -0.2) is 13.1 Å². The smallest absolute Gasteiger partial charge is 0.212 e. The van der Waals surface area contributed by atoms with Gasteiger partial charge in [0.15, 0.2) is 0 Å². The van der Waals surface area contributed by atoms with E-state index in [1.165, 1.54) is 11.8 Å². The number of nitrogen functional groups attached to an aromatic ring is 1. The van der Waals surface area contributed by atoms with E-state index in [0.717, 1.165) is 4.90 Å². The van der Waals surface area contributed by atoms with Gasteiger partial charge in [0.1, 0.15) is 0 Å². The van der Waals surface area contributed by atoms with Crippen molar-refractivity contribution in [2.75, 3.05) is 30.4 Å². The summed E-state index contributed by atoms with van der Waals surface area (Å²) in [4.78, 5) is 0.890. The number of rotatable bonds is 8. The van der Waals surface area contributed by atoms with Crippen molar-refractivity contribution in [3.63, 3.8) is 0 Å². The molecule has 0 fully saturated rings. The summed E-state index contributed by atoms with van der Waals surface area (Å²) in [6, 6.07) is 7.37. The van der Waals surface area contributed by atoms with E-state index in [4.69, 9.17) is 10.8 Å². The van der Waals surface area contributed by atoms with Crippen LogP contribution < -0.4 is 10.5 Å². The fourth-order valence-electron chi connectivity index (χ4n) is 1.28. The molecule has 1 atom stereocenters. The van der Waals surface area contributed by atoms with Crippen LogP contribution in [0.25, 0.3) is 0 Å². The maximum absolute atomic E-state index is 11.7. The zero-order chi connectivity index (χ0) is 14.3. The van der Waals surface area contributed by atoms with E-state index in [1.807, 2.05) is 18.2 Å². The predicted molar refractivity (Wildman–Crippen MR) is 79.6 cm³/mol. The Hall–Kier alpha value is -0.760. The molecule has 0 saturated carbocycles. The average molecular weight is 304 g/mol. The van der Waals surface area contributed by atoms with Gasteiger partial charge in [-0.15, -0.1) is 11.8 Å². The summed E-state index contributed by atoms with van der Waals surface area (Å²) in [5.74, 6) is 0.397. The van der Waals surface area contributed by atoms with Gasteiger partial charge in [-0.1, -0.05) is 19.1 Å². The van der Waals surface area contributed by atoms with Crippen molar-refractivity contribution in [2.45, 2.75) is 11.8 Å². The molecule has 0 heterocycles. The van der Waals surface area contributed by atoms with Gasteiger partial charge in [0.25, 0.3) is 0 Å². The van der Waals surface area contributed by atoms with Crippen molar-refractivity contribution in [2.24, 2.45) is 5.92 Å². The lowest BCUT2D eigenvalue weighted by Crippen LogP contribution is -2.32. The number of nitrogens with one attached hydrogen (secondary N) is 1. The third kappa shape index (κ3) is 6.29. The highest BCUT2D eigenvalue weighted by Gasteiger charge is 2.12. The van der Waals surface area contributed by atoms with Crippen LogP contribution in [0.1, 0.15) is 6.92 Å². The zero-order valence-electron chi connectivity index (χ0n) is 10.9. The van der Waals surface area contributed by atoms with E-state index >= 15 is 0 Å². The van der Waals surface area contributed by atoms with Gasteiger partial charge in [-0.2, -0.15) is 0 Å². The van der Waals surface area contributed by atoms with Gasteiger partial charge in [0.05, 0.1) is 5.75 Å². The monoisotopic (exact) mass is 304 g/mol. The van der Waals surface area contributed by atoms with Crippen molar-refractivity contribution in [3.8, 4) is 0 Å². The Morgan fingerprint density at radius 2 is 2.11 bits per heavy atom. The summed E-state index contributed by atoms with van der Waals surface area (Å²) in [5.41, 5.74) is 6.43. The standard InChI is InChI=1S/C12H20N2O3S2/c1-10(9-15)8-14-19(16,17)7-6-18-12-5-3-2-4-11(12)13/h2-5,10,14-15H,6-9,13H2,1H3. The molecule has 7 heteroatoms. The molecular weight excluding hydrogens is 284 g/mol. The molecular formula is C12H20N2O3S2. The molecule has 0 aliphatic carbocycles. The number of benzene rings is 1. The minimum atomic E-state index is -3.29. The van der Waals surface area contributed by atoms with Crippen LogP contribution in [-0.2, 0) is 10.0 Å². The Balaban J connectivity index is 2.38. The molecule has 0 aromatic heterocycles. The largest absolute Gasteiger partial charge is 0.398 e. The number of sulfonamides is 1. The van der Waals surface area contributed by atoms with Crippen LogP contribution in [0, 0.1) is 5.92 Å². The molecule has 0 bridgehead atoms. The predicted octanol–water partition coefficient (Wildman–Crippen LogP) is 0.909. The second-order valence-electron chi connectivity index (χ2n) is 4.34. The normalized spacial score (nSPS) is 13.4. The highest BCUT2D eigenvalue weighted by Crippen LogP contribution is 2.24. The first-order valence-corrected chi connectivity index (χ1v) is 8.64. The summed E-state index contributed by atoms with van der Waals surface area (Å²) in [6.45, 7) is 2.01. The Kier molecular flexibility index (Phi) is 6.64. The van der Waals surface area contributed by atoms with Crippen molar-refractivity contribution in [3.05, 3.63) is 24.3 Å². The summed E-state index contributed by atoms with van der Waals surface area (Å²) >= 11 is 1.42. The van der Waals surface area contributed by atoms with E-state index in [0.29, 0.717) is 11.4 Å². The van der Waals surface area contributed by atoms with Crippen molar-refractivity contribution in [1.82, 2.24) is 4.72 Å². The van der Waals surface area contributed by atoms with E-state index in [2.05, 4.69) is 4.72 Å². The molecule has 1 aromatic rings. The average Bonchev–Trinajstić information content (AvgIpc) is 2.38. The van der Waals surface area contributed by atoms with Gasteiger partial charge < -0.3 is 10.8 Å². The third-order valence-electron chi connectivity index (χ3n) is 2.49. The Labute approximate surface area is 118 Å². The molecule has 0 aliphatic rings. The number of para-hydroxylation sites is 1. The van der Waals surface area contributed by atoms with E-state index < -0.39 is 10.0 Å². The number of anilines is 1. The lowest BCUT2D eigenvalue weighted by molar-refractivity contribution is 0.238. The summed E-state index contributed by atoms with van der Waals surface area (Å²) in [5, 5.41) is 8.83. The third-order valence-corrected chi connectivity index (χ3v) is 5.19. The topological polar surface area (TPSA) is 92.4 Å². The molecule has 0 radical (unpaired) electrons. The maximum atomic E-state index is 11.7. The molecule has 0 spiro atoms. The lowest BCUT2D eigenvalue weighted by Gasteiger charge is -2.10. The molecule has 1 aromatic carbocycles. The number of thioether (sulfide) groups is 1. The molecule has 5 nitrogen and oxygen atoms in total. The Morgan fingerprint density at radius 3 is 2.74 bits per heavy atom. The van der Waals surface area contributed by atoms with Gasteiger partial charge >= 0.3 is 0 Å². The van der Waals surface area contributed by atoms with Gasteiger partial charge in [0, 0.05) is 29.5 Å². The maximum Gasteiger partial charge on any atom is 0.212 e. The quantitative estimate of drug-likeness (QED) is 0.490. The molecule has 19 heavy (non-hydrogen) atoms. The minimum absolute atomic E-state index is 0.0299. The van der Waals surface area contributed by atoms with Crippen molar-refractivity contribution in [1.29, 1.82) is 0 Å². The number of hydrogen-bond acceptors (Lipinski definition) is 5. The zero-order valence-corrected chi connectivity index (χ0v) is 12.5. The fraction of sp³-hybridized carbons (Fsp3) is 0.500. The first kappa shape index (κ1) is 16.3. The summed E-state index contributed by atoms with van der Waals surface area (Å²) < 4.78 is 25.9. The first-order valence-electron chi connectivity index (χ1n) is 6.00. The van der Waals surface area contributed by atoms with Crippen LogP contribution >= 0.6 is 11.8 Å². The van der Waals surface area contributed by atoms with E-state index in [1.54, 1.807) is 13.0 Å². The van der Waals surface area contributed by atoms with Crippen LogP contribution in [0.5, 0.6) is 0 Å². The second kappa shape index (κ2) is 7.74. The Bertz CT molecular complexity index is 492. The minimum Gasteiger partial charge on any atom is -0.398 e. The van der Waals surface area contributed by atoms with Crippen LogP contribution in [0.15, 0.2) is 29.2 Å². The van der Waals surface area contributed by atoms with Crippen molar-refractivity contribution >= 4 is 27.5 Å². The van der Waals surface area contributed by atoms with E-state index in [9.17, 15) is 8.42 Å². The molecule has 4 N–H and O–H groups in total. The van der Waals surface area contributed by atoms with Crippen LogP contribution in [0.3, 0.4) is 0 Å². The molecule has 108 valence electrons. The highest BCUT2D eigenvalue weighted by molar-refractivity contribution is 8.00. The number of aliphatic hydroxyl groups is 1. The molecule has 0 amide bonds. The van der Waals surface area contributed by atoms with Gasteiger partial charge in [-0.05, 0) is 18.1 Å². The lowest BCUT2D eigenvalue weighted by atomic mass is 10.2. The summed E-state index contributed by atoms with van der Waals surface area (Å²) in [6.07, 6.45) is 0. The number of nitrogens with two attached hydrogens (primary N) is 1. The van der Waals surface area contributed by atoms with Gasteiger partial charge in [-0.3, -0.25) is 0 Å². The van der Waals surface area contributed by atoms with E-state index in [-0.39, 0.29) is 24.8 Å². The SMILES string of the molecule is CC(CO)CNS(=O)(=O)CCSc1ccccc1N. The second-order valence-corrected chi connectivity index (χ2v) is 7.40. The summed E-state index contributed by atoms with van der Waals surface area (Å²) in [7, 11) is -3.29. The highest BCUT2D eigenvalue weighted by atomic mass is 32.2. The molecule has 0 aliphatic heterocycles. The molecule has 1 unspecified atom stereocenters. The van der Waals surface area contributed by atoms with Crippen LogP contribution in [-0.4, -0.2) is 38.2 Å². The number of hydrogen-bond donors (Lipinski definition) is 3. The van der Waals surface area contributed by atoms with Crippen molar-refractivity contribution < 1.29 is 13.5 Å². The molecule has 0 saturated heterocycles.